The van der Waals surface area contributed by atoms with E-state index < -0.39 is 0 Å². The first-order valence-electron chi connectivity index (χ1n) is 11.3. The van der Waals surface area contributed by atoms with Crippen molar-refractivity contribution in [3.05, 3.63) is 59.8 Å². The van der Waals surface area contributed by atoms with Crippen LogP contribution in [0.4, 0.5) is 5.69 Å². The van der Waals surface area contributed by atoms with Gasteiger partial charge in [0.25, 0.3) is 0 Å². The predicted octanol–water partition coefficient (Wildman–Crippen LogP) is 5.40. The van der Waals surface area contributed by atoms with Crippen LogP contribution in [0.25, 0.3) is 10.9 Å². The van der Waals surface area contributed by atoms with Gasteiger partial charge in [-0.3, -0.25) is 4.90 Å². The minimum absolute atomic E-state index is 0.440. The zero-order valence-electron chi connectivity index (χ0n) is 18.4. The summed E-state index contributed by atoms with van der Waals surface area (Å²) in [6, 6.07) is 17.6. The number of nitrogens with zero attached hydrogens (tertiary/aromatic N) is 2. The highest BCUT2D eigenvalue weighted by Gasteiger charge is 2.43. The van der Waals surface area contributed by atoms with Crippen molar-refractivity contribution in [2.75, 3.05) is 38.2 Å². The van der Waals surface area contributed by atoms with Crippen LogP contribution in [0.2, 0.25) is 0 Å². The van der Waals surface area contributed by atoms with E-state index in [1.54, 1.807) is 7.11 Å². The molecular formula is C26H33N3O. The third kappa shape index (κ3) is 3.58. The van der Waals surface area contributed by atoms with Gasteiger partial charge >= 0.3 is 0 Å². The van der Waals surface area contributed by atoms with Crippen LogP contribution in [-0.2, 0) is 6.54 Å². The summed E-state index contributed by atoms with van der Waals surface area (Å²) in [6.45, 7) is 10.3. The summed E-state index contributed by atoms with van der Waals surface area (Å²) in [5.41, 5.74) is 5.83. The van der Waals surface area contributed by atoms with Crippen LogP contribution < -0.4 is 9.64 Å². The number of H-pyrrole nitrogens is 1. The summed E-state index contributed by atoms with van der Waals surface area (Å²) in [7, 11) is 1.73. The first-order valence-corrected chi connectivity index (χ1v) is 11.3. The second-order valence-corrected chi connectivity index (χ2v) is 9.59. The maximum Gasteiger partial charge on any atom is 0.119 e. The molecule has 1 unspecified atom stereocenters. The summed E-state index contributed by atoms with van der Waals surface area (Å²) in [5.74, 6) is 1.46. The Morgan fingerprint density at radius 1 is 1.03 bits per heavy atom. The fourth-order valence-corrected chi connectivity index (χ4v) is 5.37. The molecule has 0 amide bonds. The largest absolute Gasteiger partial charge is 0.497 e. The molecule has 1 N–H and O–H groups in total. The lowest BCUT2D eigenvalue weighted by Gasteiger charge is -2.26. The Hall–Kier alpha value is -2.46. The molecule has 0 bridgehead atoms. The van der Waals surface area contributed by atoms with E-state index in [2.05, 4.69) is 77.2 Å². The maximum absolute atomic E-state index is 5.31. The van der Waals surface area contributed by atoms with Crippen LogP contribution in [0.5, 0.6) is 5.75 Å². The fourth-order valence-electron chi connectivity index (χ4n) is 5.37. The topological polar surface area (TPSA) is 31.5 Å². The molecule has 2 aliphatic heterocycles. The van der Waals surface area contributed by atoms with Gasteiger partial charge in [0.2, 0.25) is 0 Å². The molecule has 4 nitrogen and oxygen atoms in total. The summed E-state index contributed by atoms with van der Waals surface area (Å²) < 4.78 is 5.31. The van der Waals surface area contributed by atoms with Crippen molar-refractivity contribution < 1.29 is 4.74 Å². The van der Waals surface area contributed by atoms with Crippen LogP contribution in [0.1, 0.15) is 43.9 Å². The molecule has 2 fully saturated rings. The number of ether oxygens (including phenoxy) is 1. The van der Waals surface area contributed by atoms with Gasteiger partial charge in [0.15, 0.2) is 0 Å². The van der Waals surface area contributed by atoms with Crippen molar-refractivity contribution in [3.63, 3.8) is 0 Å². The second kappa shape index (κ2) is 7.66. The van der Waals surface area contributed by atoms with Crippen LogP contribution >= 0.6 is 0 Å². The third-order valence-corrected chi connectivity index (χ3v) is 7.18. The normalized spacial score (nSPS) is 22.1. The molecule has 1 atom stereocenters. The maximum atomic E-state index is 5.31. The number of methoxy groups -OCH3 is 1. The van der Waals surface area contributed by atoms with Crippen molar-refractivity contribution in [2.24, 2.45) is 5.41 Å². The van der Waals surface area contributed by atoms with Gasteiger partial charge in [0.05, 0.1) is 7.11 Å². The number of hydrogen-bond donors (Lipinski definition) is 1. The highest BCUT2D eigenvalue weighted by atomic mass is 16.5. The standard InChI is InChI=1S/C26H33N3O/c1-19(2)25-15-23-20(5-4-6-24(23)27-25)16-28-13-11-26(17-28)12-14-29(18-26)21-7-9-22(30-3)10-8-21/h4-10,15,19,27H,11-14,16-18H2,1-3H3. The van der Waals surface area contributed by atoms with Gasteiger partial charge in [-0.05, 0) is 67.3 Å². The minimum Gasteiger partial charge on any atom is -0.497 e. The van der Waals surface area contributed by atoms with E-state index >= 15 is 0 Å². The highest BCUT2D eigenvalue weighted by molar-refractivity contribution is 5.84. The van der Waals surface area contributed by atoms with Crippen LogP contribution in [0, 0.1) is 5.41 Å². The molecule has 1 aromatic heterocycles. The molecule has 2 aromatic carbocycles. The molecule has 3 heterocycles. The van der Waals surface area contributed by atoms with Gasteiger partial charge in [0, 0.05) is 53.9 Å². The molecule has 0 radical (unpaired) electrons. The van der Waals surface area contributed by atoms with Gasteiger partial charge in [0.1, 0.15) is 5.75 Å². The predicted molar refractivity (Wildman–Crippen MR) is 125 cm³/mol. The number of aromatic nitrogens is 1. The van der Waals surface area contributed by atoms with Gasteiger partial charge in [-0.2, -0.15) is 0 Å². The van der Waals surface area contributed by atoms with E-state index in [1.165, 1.54) is 60.3 Å². The van der Waals surface area contributed by atoms with Crippen molar-refractivity contribution in [1.82, 2.24) is 9.88 Å². The number of rotatable bonds is 5. The van der Waals surface area contributed by atoms with Crippen LogP contribution in [-0.4, -0.2) is 43.2 Å². The number of nitrogens with one attached hydrogen (secondary N) is 1. The average molecular weight is 404 g/mol. The highest BCUT2D eigenvalue weighted by Crippen LogP contribution is 2.42. The Labute approximate surface area is 179 Å². The molecule has 30 heavy (non-hydrogen) atoms. The molecule has 2 aliphatic rings. The lowest BCUT2D eigenvalue weighted by molar-refractivity contribution is 0.271. The SMILES string of the molecule is COc1ccc(N2CCC3(CCN(Cc4cccc5[nH]c(C(C)C)cc45)C3)C2)cc1. The first-order chi connectivity index (χ1) is 14.5. The number of aromatic amines is 1. The molecule has 158 valence electrons. The molecule has 0 saturated carbocycles. The van der Waals surface area contributed by atoms with Gasteiger partial charge < -0.3 is 14.6 Å². The monoisotopic (exact) mass is 403 g/mol. The summed E-state index contributed by atoms with van der Waals surface area (Å²) in [4.78, 5) is 8.84. The van der Waals surface area contributed by atoms with E-state index in [4.69, 9.17) is 4.74 Å². The van der Waals surface area contributed by atoms with E-state index in [1.807, 2.05) is 0 Å². The smallest absolute Gasteiger partial charge is 0.119 e. The quantitative estimate of drug-likeness (QED) is 0.619. The number of likely N-dealkylation sites (tertiary alicyclic amines) is 1. The first kappa shape index (κ1) is 19.5. The van der Waals surface area contributed by atoms with Crippen molar-refractivity contribution in [2.45, 2.75) is 39.2 Å². The number of hydrogen-bond acceptors (Lipinski definition) is 3. The van der Waals surface area contributed by atoms with E-state index in [0.717, 1.165) is 18.8 Å². The van der Waals surface area contributed by atoms with Gasteiger partial charge in [-0.1, -0.05) is 26.0 Å². The van der Waals surface area contributed by atoms with Crippen molar-refractivity contribution in [1.29, 1.82) is 0 Å². The molecule has 5 rings (SSSR count). The molecule has 2 saturated heterocycles. The Balaban J connectivity index is 1.28. The Morgan fingerprint density at radius 2 is 1.83 bits per heavy atom. The summed E-state index contributed by atoms with van der Waals surface area (Å²) >= 11 is 0. The third-order valence-electron chi connectivity index (χ3n) is 7.18. The molecule has 1 spiro atoms. The van der Waals surface area contributed by atoms with Gasteiger partial charge in [-0.15, -0.1) is 0 Å². The van der Waals surface area contributed by atoms with E-state index in [-0.39, 0.29) is 0 Å². The Kier molecular flexibility index (Phi) is 4.98. The fraction of sp³-hybridized carbons (Fsp3) is 0.462. The number of fused-ring (bicyclic) bond motifs is 1. The molecule has 4 heteroatoms. The second-order valence-electron chi connectivity index (χ2n) is 9.59. The summed E-state index contributed by atoms with van der Waals surface area (Å²) in [6.07, 6.45) is 2.60. The molecular weight excluding hydrogens is 370 g/mol. The van der Waals surface area contributed by atoms with Crippen molar-refractivity contribution >= 4 is 16.6 Å². The van der Waals surface area contributed by atoms with Crippen LogP contribution in [0.15, 0.2) is 48.5 Å². The number of anilines is 1. The lowest BCUT2D eigenvalue weighted by Crippen LogP contribution is -2.30. The summed E-state index contributed by atoms with van der Waals surface area (Å²) in [5, 5.41) is 1.40. The minimum atomic E-state index is 0.440. The van der Waals surface area contributed by atoms with Gasteiger partial charge in [-0.25, -0.2) is 0 Å². The zero-order chi connectivity index (χ0) is 20.7. The molecule has 0 aliphatic carbocycles. The lowest BCUT2D eigenvalue weighted by atomic mass is 9.86. The Morgan fingerprint density at radius 3 is 2.60 bits per heavy atom. The zero-order valence-corrected chi connectivity index (χ0v) is 18.4. The number of benzene rings is 2. The Bertz CT molecular complexity index is 1020. The molecule has 3 aromatic rings. The van der Waals surface area contributed by atoms with E-state index in [9.17, 15) is 0 Å². The van der Waals surface area contributed by atoms with Crippen molar-refractivity contribution in [3.8, 4) is 5.75 Å². The van der Waals surface area contributed by atoms with Crippen LogP contribution in [0.3, 0.4) is 0 Å². The van der Waals surface area contributed by atoms with E-state index in [0.29, 0.717) is 11.3 Å². The average Bonchev–Trinajstić information content (AvgIpc) is 3.48.